The summed E-state index contributed by atoms with van der Waals surface area (Å²) in [5.74, 6) is 0. The third kappa shape index (κ3) is 7.85. The number of allylic oxidation sites excluding steroid dienone is 8. The molecule has 2 aromatic heterocycles. The Morgan fingerprint density at radius 2 is 1.92 bits per heavy atom. The number of aromatic amines is 1. The number of aromatic nitrogens is 2. The van der Waals surface area contributed by atoms with E-state index in [1.54, 1.807) is 7.05 Å². The topological polar surface area (TPSA) is 65.1 Å². The summed E-state index contributed by atoms with van der Waals surface area (Å²) in [7, 11) is 3.66. The Labute approximate surface area is 223 Å². The normalized spacial score (nSPS) is 13.3. The molecule has 3 heterocycles. The number of aliphatic imine (C=N–C) groups is 1. The minimum absolute atomic E-state index is 0.850. The first-order valence-corrected chi connectivity index (χ1v) is 12.5. The van der Waals surface area contributed by atoms with Crippen molar-refractivity contribution < 1.29 is 0 Å². The highest BCUT2D eigenvalue weighted by Gasteiger charge is 2.17. The molecule has 0 bridgehead atoms. The third-order valence-electron chi connectivity index (χ3n) is 5.56. The van der Waals surface area contributed by atoms with Crippen molar-refractivity contribution >= 4 is 28.6 Å². The van der Waals surface area contributed by atoms with E-state index in [4.69, 9.17) is 0 Å². The predicted molar refractivity (Wildman–Crippen MR) is 165 cm³/mol. The Bertz CT molecular complexity index is 1240. The second-order valence-corrected chi connectivity index (χ2v) is 7.71. The molecule has 0 saturated heterocycles. The molecule has 0 fully saturated rings. The van der Waals surface area contributed by atoms with Gasteiger partial charge in [0.25, 0.3) is 0 Å². The first-order valence-electron chi connectivity index (χ1n) is 12.5. The Balaban J connectivity index is 0.00000163. The third-order valence-corrected chi connectivity index (χ3v) is 5.56. The van der Waals surface area contributed by atoms with E-state index in [0.717, 1.165) is 62.7 Å². The first-order chi connectivity index (χ1) is 18.0. The molecule has 5 nitrogen and oxygen atoms in total. The van der Waals surface area contributed by atoms with Crippen LogP contribution in [-0.2, 0) is 0 Å². The van der Waals surface area contributed by atoms with Crippen LogP contribution in [0.25, 0.3) is 16.7 Å². The monoisotopic (exact) mass is 495 g/mol. The van der Waals surface area contributed by atoms with E-state index in [1.165, 1.54) is 0 Å². The summed E-state index contributed by atoms with van der Waals surface area (Å²) in [5.41, 5.74) is 10.2. The zero-order valence-corrected chi connectivity index (χ0v) is 23.3. The van der Waals surface area contributed by atoms with Crippen molar-refractivity contribution in [1.29, 1.82) is 0 Å². The molecular formula is C32H41N5. The Morgan fingerprint density at radius 3 is 2.49 bits per heavy atom. The van der Waals surface area contributed by atoms with Crippen LogP contribution < -0.4 is 10.6 Å². The standard InChI is InChI=1S/C28H33N5.C2H6.C2H2/c1-7-9-12-23(22-11-10-13-31-17-22)25-15-26(33-20(25)4)19(3)24-14-27(21(8-2)16-29-5)32-18-28(24)30-6;2*1-2/h7-12,14-18,30-31,33H,3,13H2,1-2,4-6H3;1-2H3;1-2H/b9-7-,21-8+,23-12-,29-16?;;. The predicted octanol–water partition coefficient (Wildman–Crippen LogP) is 7.20. The summed E-state index contributed by atoms with van der Waals surface area (Å²) in [5, 5.41) is 6.56. The number of nitrogens with zero attached hydrogens (tertiary/aromatic N) is 2. The Hall–Kier alpha value is -4.30. The van der Waals surface area contributed by atoms with Gasteiger partial charge in [-0.25, -0.2) is 0 Å². The lowest BCUT2D eigenvalue weighted by Crippen LogP contribution is -2.09. The summed E-state index contributed by atoms with van der Waals surface area (Å²) in [6.07, 6.45) is 26.3. The number of nitrogens with one attached hydrogen (secondary N) is 3. The summed E-state index contributed by atoms with van der Waals surface area (Å²) in [6, 6.07) is 4.24. The van der Waals surface area contributed by atoms with E-state index >= 15 is 0 Å². The number of rotatable bonds is 8. The van der Waals surface area contributed by atoms with Gasteiger partial charge in [-0.2, -0.15) is 0 Å². The van der Waals surface area contributed by atoms with Gasteiger partial charge in [-0.15, -0.1) is 12.8 Å². The van der Waals surface area contributed by atoms with Gasteiger partial charge in [-0.1, -0.05) is 56.9 Å². The molecule has 0 radical (unpaired) electrons. The van der Waals surface area contributed by atoms with Crippen molar-refractivity contribution in [2.24, 2.45) is 4.99 Å². The highest BCUT2D eigenvalue weighted by atomic mass is 14.9. The molecule has 1 aliphatic heterocycles. The van der Waals surface area contributed by atoms with E-state index in [9.17, 15) is 0 Å². The van der Waals surface area contributed by atoms with Gasteiger partial charge in [0.05, 0.1) is 17.6 Å². The molecule has 3 rings (SSSR count). The minimum Gasteiger partial charge on any atom is -0.387 e. The number of dihydropyridines is 1. The number of pyridine rings is 1. The van der Waals surface area contributed by atoms with Crippen molar-refractivity contribution in [2.75, 3.05) is 26.0 Å². The van der Waals surface area contributed by atoms with Crippen LogP contribution in [0.5, 0.6) is 0 Å². The van der Waals surface area contributed by atoms with E-state index in [2.05, 4.69) is 94.6 Å². The zero-order chi connectivity index (χ0) is 27.8. The summed E-state index contributed by atoms with van der Waals surface area (Å²) >= 11 is 0. The molecule has 0 atom stereocenters. The Morgan fingerprint density at radius 1 is 1.19 bits per heavy atom. The molecule has 1 aliphatic rings. The van der Waals surface area contributed by atoms with Crippen LogP contribution in [0.3, 0.4) is 0 Å². The largest absolute Gasteiger partial charge is 0.387 e. The molecule has 0 aromatic carbocycles. The average Bonchev–Trinajstić information content (AvgIpc) is 3.35. The van der Waals surface area contributed by atoms with Gasteiger partial charge >= 0.3 is 0 Å². The number of aryl methyl sites for hydroxylation is 1. The fourth-order valence-corrected chi connectivity index (χ4v) is 3.81. The van der Waals surface area contributed by atoms with Gasteiger partial charge in [0.1, 0.15) is 0 Å². The Kier molecular flexibility index (Phi) is 13.6. The van der Waals surface area contributed by atoms with Crippen molar-refractivity contribution in [3.8, 4) is 12.8 Å². The van der Waals surface area contributed by atoms with Gasteiger partial charge in [0, 0.05) is 66.7 Å². The summed E-state index contributed by atoms with van der Waals surface area (Å²) in [4.78, 5) is 12.3. The number of hydrogen-bond donors (Lipinski definition) is 3. The molecule has 0 amide bonds. The maximum absolute atomic E-state index is 4.61. The fraction of sp³-hybridized carbons (Fsp3) is 0.250. The lowest BCUT2D eigenvalue weighted by Gasteiger charge is -2.13. The molecule has 0 aliphatic carbocycles. The molecule has 0 unspecified atom stereocenters. The number of anilines is 1. The number of H-pyrrole nitrogens is 1. The smallest absolute Gasteiger partial charge is 0.0721 e. The van der Waals surface area contributed by atoms with Crippen LogP contribution in [-0.4, -0.2) is 36.8 Å². The first kappa shape index (κ1) is 30.7. The number of terminal acetylenes is 1. The molecule has 2 aromatic rings. The highest BCUT2D eigenvalue weighted by Crippen LogP contribution is 2.34. The van der Waals surface area contributed by atoms with E-state index in [0.29, 0.717) is 0 Å². The van der Waals surface area contributed by atoms with Crippen LogP contribution >= 0.6 is 0 Å². The van der Waals surface area contributed by atoms with Crippen molar-refractivity contribution in [1.82, 2.24) is 15.3 Å². The second-order valence-electron chi connectivity index (χ2n) is 7.71. The van der Waals surface area contributed by atoms with Crippen LogP contribution in [0.2, 0.25) is 0 Å². The fourth-order valence-electron chi connectivity index (χ4n) is 3.81. The molecule has 37 heavy (non-hydrogen) atoms. The lowest BCUT2D eigenvalue weighted by molar-refractivity contribution is 0.963. The summed E-state index contributed by atoms with van der Waals surface area (Å²) in [6.45, 7) is 15.4. The van der Waals surface area contributed by atoms with E-state index in [1.807, 2.05) is 59.3 Å². The zero-order valence-electron chi connectivity index (χ0n) is 23.3. The van der Waals surface area contributed by atoms with Crippen LogP contribution in [0.4, 0.5) is 5.69 Å². The maximum atomic E-state index is 4.61. The van der Waals surface area contributed by atoms with Crippen LogP contribution in [0, 0.1) is 19.8 Å². The van der Waals surface area contributed by atoms with Crippen LogP contribution in [0.1, 0.15) is 55.9 Å². The molecule has 194 valence electrons. The van der Waals surface area contributed by atoms with Crippen molar-refractivity contribution in [3.63, 3.8) is 0 Å². The van der Waals surface area contributed by atoms with Crippen molar-refractivity contribution in [2.45, 2.75) is 34.6 Å². The van der Waals surface area contributed by atoms with Gasteiger partial charge < -0.3 is 15.6 Å². The van der Waals surface area contributed by atoms with Crippen molar-refractivity contribution in [3.05, 3.63) is 101 Å². The van der Waals surface area contributed by atoms with E-state index < -0.39 is 0 Å². The van der Waals surface area contributed by atoms with E-state index in [-0.39, 0.29) is 0 Å². The van der Waals surface area contributed by atoms with Gasteiger partial charge in [0.2, 0.25) is 0 Å². The van der Waals surface area contributed by atoms with Gasteiger partial charge in [-0.3, -0.25) is 9.98 Å². The molecule has 0 saturated carbocycles. The quantitative estimate of drug-likeness (QED) is 0.206. The molecule has 5 heteroatoms. The second kappa shape index (κ2) is 16.4. The SMILES string of the molecule is C#C.C=C(c1cc(/C(=C\C=C/C)C2=CNCC=C2)c(C)[nH]1)c1cc(/C(C=NC)=C/C)ncc1NC.CC. The van der Waals surface area contributed by atoms with Gasteiger partial charge in [-0.05, 0) is 44.1 Å². The van der Waals surface area contributed by atoms with Crippen LogP contribution in [0.15, 0.2) is 78.1 Å². The molecule has 0 spiro atoms. The highest BCUT2D eigenvalue weighted by molar-refractivity contribution is 6.09. The van der Waals surface area contributed by atoms with Gasteiger partial charge in [0.15, 0.2) is 0 Å². The lowest BCUT2D eigenvalue weighted by atomic mass is 9.95. The average molecular weight is 496 g/mol. The summed E-state index contributed by atoms with van der Waals surface area (Å²) < 4.78 is 0. The molecular weight excluding hydrogens is 454 g/mol. The molecule has 3 N–H and O–H groups in total. The number of hydrogen-bond acceptors (Lipinski definition) is 4. The maximum Gasteiger partial charge on any atom is 0.0721 e. The minimum atomic E-state index is 0.850.